The van der Waals surface area contributed by atoms with Gasteiger partial charge in [-0.1, -0.05) is 70.7 Å². The van der Waals surface area contributed by atoms with Crippen LogP contribution in [0, 0.1) is 0 Å². The zero-order valence-corrected chi connectivity index (χ0v) is 31.0. The Labute approximate surface area is 305 Å². The van der Waals surface area contributed by atoms with Crippen LogP contribution in [0.25, 0.3) is 0 Å². The summed E-state index contributed by atoms with van der Waals surface area (Å²) in [6.07, 6.45) is 1.87. The fraction of sp³-hybridized carbons (Fsp3) is 0.333. The number of fused-ring (bicyclic) bond motifs is 2. The Balaban J connectivity index is 0.982. The van der Waals surface area contributed by atoms with Crippen molar-refractivity contribution in [3.8, 4) is 0 Å². The van der Waals surface area contributed by atoms with Gasteiger partial charge in [0.15, 0.2) is 0 Å². The van der Waals surface area contributed by atoms with E-state index in [4.69, 9.17) is 46.4 Å². The minimum Gasteiger partial charge on any atom is -0.301 e. The predicted octanol–water partition coefficient (Wildman–Crippen LogP) is 9.14. The molecule has 2 aliphatic heterocycles. The molecular formula is C36H38Cl4N4OS2. The molecule has 47 heavy (non-hydrogen) atoms. The van der Waals surface area contributed by atoms with Crippen molar-refractivity contribution >= 4 is 69.3 Å². The number of benzene rings is 4. The molecule has 0 fully saturated rings. The third kappa shape index (κ3) is 8.58. The van der Waals surface area contributed by atoms with Crippen molar-refractivity contribution in [1.29, 1.82) is 0 Å². The first-order chi connectivity index (χ1) is 22.7. The highest BCUT2D eigenvalue weighted by Gasteiger charge is 2.28. The molecular weight excluding hydrogens is 710 g/mol. The Morgan fingerprint density at radius 3 is 1.91 bits per heavy atom. The first kappa shape index (κ1) is 35.2. The minimum absolute atomic E-state index is 0.109. The number of unbranched alkanes of at least 4 members (excludes halogenated alkanes) is 1. The van der Waals surface area contributed by atoms with Gasteiger partial charge in [0.05, 0.1) is 4.90 Å². The molecule has 0 saturated heterocycles. The van der Waals surface area contributed by atoms with Crippen LogP contribution in [0.4, 0.5) is 0 Å². The van der Waals surface area contributed by atoms with Crippen LogP contribution in [0.15, 0.2) is 82.6 Å². The summed E-state index contributed by atoms with van der Waals surface area (Å²) in [6.45, 7) is 4.88. The molecule has 2 heterocycles. The van der Waals surface area contributed by atoms with E-state index in [0.717, 1.165) is 77.7 Å². The van der Waals surface area contributed by atoms with Crippen LogP contribution >= 0.6 is 58.4 Å². The molecule has 5 nitrogen and oxygen atoms in total. The van der Waals surface area contributed by atoms with E-state index in [2.05, 4.69) is 69.7 Å². The summed E-state index contributed by atoms with van der Waals surface area (Å²) in [7, 11) is 2.93. The molecule has 6 rings (SSSR count). The summed E-state index contributed by atoms with van der Waals surface area (Å²) in [5.74, 6) is 0.322. The maximum absolute atomic E-state index is 13.2. The molecule has 0 radical (unpaired) electrons. The van der Waals surface area contributed by atoms with E-state index < -0.39 is 11.0 Å². The van der Waals surface area contributed by atoms with Gasteiger partial charge < -0.3 is 9.80 Å². The highest BCUT2D eigenvalue weighted by molar-refractivity contribution is 7.97. The van der Waals surface area contributed by atoms with Crippen LogP contribution < -0.4 is 9.44 Å². The Hall–Kier alpha value is -1.62. The van der Waals surface area contributed by atoms with Gasteiger partial charge in [0.1, 0.15) is 11.0 Å². The molecule has 3 atom stereocenters. The Bertz CT molecular complexity index is 1770. The average Bonchev–Trinajstić information content (AvgIpc) is 3.04. The van der Waals surface area contributed by atoms with E-state index >= 15 is 0 Å². The highest BCUT2D eigenvalue weighted by atomic mass is 35.5. The number of rotatable bonds is 11. The van der Waals surface area contributed by atoms with Gasteiger partial charge in [0.2, 0.25) is 0 Å². The zero-order chi connectivity index (χ0) is 33.1. The standard InChI is InChI=1S/C36H38Cl4N4OS2/c1-43-19-31(29-15-25(37)17-35(39)33(29)21-43)23-7-5-9-27(13-23)46-41-11-3-4-12-42-47(45)28-10-6-8-24(14-28)32-20-44(2)22-34-30(32)16-26(38)18-36(34)40/h5-10,13-18,31-32,41-42H,3-4,11-12,19-22H2,1-2H3. The van der Waals surface area contributed by atoms with Crippen molar-refractivity contribution in [3.63, 3.8) is 0 Å². The maximum atomic E-state index is 13.2. The van der Waals surface area contributed by atoms with E-state index in [9.17, 15) is 4.21 Å². The molecule has 0 bridgehead atoms. The molecule has 4 aromatic carbocycles. The normalized spacial score (nSPS) is 18.9. The van der Waals surface area contributed by atoms with Crippen LogP contribution in [-0.4, -0.2) is 54.3 Å². The Kier molecular flexibility index (Phi) is 11.9. The Morgan fingerprint density at radius 1 is 0.745 bits per heavy atom. The first-order valence-corrected chi connectivity index (χ1v) is 19.2. The SMILES string of the molecule is CN1Cc2c(Cl)cc(Cl)cc2C(c2cccc(SNCCCCNS(=O)c3cccc(C4CN(C)Cc5c(Cl)cc(Cl)cc54)c3)c2)C1. The fourth-order valence-electron chi connectivity index (χ4n) is 6.61. The van der Waals surface area contributed by atoms with Crippen molar-refractivity contribution in [2.75, 3.05) is 40.3 Å². The van der Waals surface area contributed by atoms with Crippen LogP contribution in [0.2, 0.25) is 20.1 Å². The second-order valence-corrected chi connectivity index (χ2v) is 16.4. The van der Waals surface area contributed by atoms with Crippen molar-refractivity contribution in [2.24, 2.45) is 0 Å². The molecule has 0 spiro atoms. The van der Waals surface area contributed by atoms with Crippen LogP contribution in [0.1, 0.15) is 58.1 Å². The molecule has 4 aromatic rings. The summed E-state index contributed by atoms with van der Waals surface area (Å²) >= 11 is 27.6. The molecule has 3 unspecified atom stereocenters. The summed E-state index contributed by atoms with van der Waals surface area (Å²) in [4.78, 5) is 6.51. The van der Waals surface area contributed by atoms with Gasteiger partial charge in [0.25, 0.3) is 0 Å². The molecule has 2 N–H and O–H groups in total. The minimum atomic E-state index is -1.30. The van der Waals surface area contributed by atoms with Gasteiger partial charge in [-0.25, -0.2) is 8.93 Å². The second kappa shape index (κ2) is 15.9. The van der Waals surface area contributed by atoms with Gasteiger partial charge >= 0.3 is 0 Å². The van der Waals surface area contributed by atoms with Crippen molar-refractivity contribution < 1.29 is 4.21 Å². The third-order valence-electron chi connectivity index (χ3n) is 8.85. The molecule has 0 saturated carbocycles. The predicted molar refractivity (Wildman–Crippen MR) is 200 cm³/mol. The summed E-state index contributed by atoms with van der Waals surface area (Å²) in [6, 6.07) is 24.5. The first-order valence-electron chi connectivity index (χ1n) is 15.7. The number of likely N-dealkylation sites (N-methyl/N-ethyl adjacent to an activating group) is 2. The van der Waals surface area contributed by atoms with E-state index in [1.54, 1.807) is 11.9 Å². The van der Waals surface area contributed by atoms with E-state index in [-0.39, 0.29) is 11.8 Å². The van der Waals surface area contributed by atoms with Crippen molar-refractivity contribution in [2.45, 2.75) is 47.6 Å². The lowest BCUT2D eigenvalue weighted by Crippen LogP contribution is -2.31. The highest BCUT2D eigenvalue weighted by Crippen LogP contribution is 2.40. The van der Waals surface area contributed by atoms with Crippen LogP contribution in [-0.2, 0) is 24.1 Å². The van der Waals surface area contributed by atoms with Crippen LogP contribution in [0.3, 0.4) is 0 Å². The zero-order valence-electron chi connectivity index (χ0n) is 26.4. The molecule has 0 amide bonds. The maximum Gasteiger partial charge on any atom is 0.124 e. The van der Waals surface area contributed by atoms with E-state index in [1.165, 1.54) is 16.0 Å². The molecule has 2 aliphatic rings. The van der Waals surface area contributed by atoms with Crippen LogP contribution in [0.5, 0.6) is 0 Å². The second-order valence-electron chi connectivity index (χ2n) is 12.4. The average molecular weight is 749 g/mol. The lowest BCUT2D eigenvalue weighted by molar-refractivity contribution is 0.295. The summed E-state index contributed by atoms with van der Waals surface area (Å²) < 4.78 is 19.9. The fourth-order valence-corrected chi connectivity index (χ4v) is 9.44. The quantitative estimate of drug-likeness (QED) is 0.118. The van der Waals surface area contributed by atoms with Gasteiger partial charge in [0, 0.05) is 76.1 Å². The molecule has 11 heteroatoms. The molecule has 248 valence electrons. The van der Waals surface area contributed by atoms with Crippen molar-refractivity contribution in [3.05, 3.63) is 126 Å². The van der Waals surface area contributed by atoms with Gasteiger partial charge in [-0.15, -0.1) is 0 Å². The van der Waals surface area contributed by atoms with E-state index in [0.29, 0.717) is 21.6 Å². The lowest BCUT2D eigenvalue weighted by Gasteiger charge is -2.33. The van der Waals surface area contributed by atoms with Crippen molar-refractivity contribution in [1.82, 2.24) is 19.2 Å². The third-order valence-corrected chi connectivity index (χ3v) is 11.9. The molecule has 0 aromatic heterocycles. The number of nitrogens with zero attached hydrogens (tertiary/aromatic N) is 2. The summed E-state index contributed by atoms with van der Waals surface area (Å²) in [5.41, 5.74) is 7.00. The van der Waals surface area contributed by atoms with Gasteiger partial charge in [-0.05, 0) is 121 Å². The van der Waals surface area contributed by atoms with Gasteiger partial charge in [-0.3, -0.25) is 4.72 Å². The summed E-state index contributed by atoms with van der Waals surface area (Å²) in [5, 5.41) is 2.75. The topological polar surface area (TPSA) is 47.6 Å². The smallest absolute Gasteiger partial charge is 0.124 e. The molecule has 0 aliphatic carbocycles. The Morgan fingerprint density at radius 2 is 1.30 bits per heavy atom. The number of nitrogens with one attached hydrogen (secondary N) is 2. The van der Waals surface area contributed by atoms with Gasteiger partial charge in [-0.2, -0.15) is 0 Å². The number of hydrogen-bond acceptors (Lipinski definition) is 5. The monoisotopic (exact) mass is 746 g/mol. The van der Waals surface area contributed by atoms with E-state index in [1.807, 2.05) is 36.4 Å². The lowest BCUT2D eigenvalue weighted by atomic mass is 9.85. The number of halogens is 4. The largest absolute Gasteiger partial charge is 0.301 e. The number of hydrogen-bond donors (Lipinski definition) is 2.